The summed E-state index contributed by atoms with van der Waals surface area (Å²) >= 11 is 0. The smallest absolute Gasteiger partial charge is 0.140 e. The van der Waals surface area contributed by atoms with Crippen molar-refractivity contribution in [1.82, 2.24) is 15.0 Å². The molecule has 4 aromatic carbocycles. The number of fused-ring (bicyclic) bond motifs is 2. The first kappa shape index (κ1) is 18.4. The van der Waals surface area contributed by atoms with E-state index < -0.39 is 0 Å². The molecule has 2 bridgehead atoms. The summed E-state index contributed by atoms with van der Waals surface area (Å²) in [6, 6.07) is 35.6. The molecule has 0 spiro atoms. The average Bonchev–Trinajstić information content (AvgIpc) is 3.25. The fraction of sp³-hybridized carbons (Fsp3) is 0.0345. The Morgan fingerprint density at radius 3 is 2.00 bits per heavy atom. The lowest BCUT2D eigenvalue weighted by atomic mass is 9.93. The van der Waals surface area contributed by atoms with Crippen molar-refractivity contribution >= 4 is 0 Å². The van der Waals surface area contributed by atoms with Gasteiger partial charge in [-0.2, -0.15) is 0 Å². The molecule has 0 saturated heterocycles. The summed E-state index contributed by atoms with van der Waals surface area (Å²) in [6.07, 6.45) is 0. The fourth-order valence-corrected chi connectivity index (χ4v) is 4.23. The van der Waals surface area contributed by atoms with Gasteiger partial charge in [-0.15, -0.1) is 5.10 Å². The molecule has 0 amide bonds. The van der Waals surface area contributed by atoms with Crippen LogP contribution >= 0.6 is 0 Å². The summed E-state index contributed by atoms with van der Waals surface area (Å²) in [7, 11) is 0. The van der Waals surface area contributed by atoms with Gasteiger partial charge in [-0.25, -0.2) is 4.68 Å². The van der Waals surface area contributed by atoms with E-state index in [-0.39, 0.29) is 0 Å². The monoisotopic (exact) mass is 409 g/mol. The second-order valence-corrected chi connectivity index (χ2v) is 7.85. The quantitative estimate of drug-likeness (QED) is 0.326. The standard InChI is InChI=1S/C29H19N3/c1-2-8-21(9-3-1)20-32-28-19-18-22-10-4-5-11-25(22)23-14-16-24(17-15-23)26-12-6-7-13-27(26)29(28)30-31-32/h1-17H,20H2. The van der Waals surface area contributed by atoms with Gasteiger partial charge in [-0.3, -0.25) is 0 Å². The Labute approximate surface area is 187 Å². The van der Waals surface area contributed by atoms with Crippen LogP contribution in [0.5, 0.6) is 0 Å². The summed E-state index contributed by atoms with van der Waals surface area (Å²) in [5.74, 6) is 6.84. The normalized spacial score (nSPS) is 11.2. The molecular formula is C29H19N3. The van der Waals surface area contributed by atoms with Crippen LogP contribution in [-0.2, 0) is 6.54 Å². The highest BCUT2D eigenvalue weighted by Crippen LogP contribution is 2.35. The molecule has 7 rings (SSSR count). The first-order chi connectivity index (χ1) is 15.9. The van der Waals surface area contributed by atoms with Crippen LogP contribution in [0.3, 0.4) is 0 Å². The number of nitrogens with zero attached hydrogens (tertiary/aromatic N) is 3. The Morgan fingerprint density at radius 1 is 0.594 bits per heavy atom. The van der Waals surface area contributed by atoms with Crippen LogP contribution in [0.25, 0.3) is 33.5 Å². The molecule has 0 aliphatic heterocycles. The summed E-state index contributed by atoms with van der Waals surface area (Å²) in [4.78, 5) is 0. The third-order valence-electron chi connectivity index (χ3n) is 5.84. The van der Waals surface area contributed by atoms with E-state index in [2.05, 4.69) is 94.9 Å². The highest BCUT2D eigenvalue weighted by Gasteiger charge is 2.18. The van der Waals surface area contributed by atoms with Crippen molar-refractivity contribution in [2.45, 2.75) is 6.54 Å². The highest BCUT2D eigenvalue weighted by molar-refractivity contribution is 5.85. The zero-order valence-corrected chi connectivity index (χ0v) is 17.4. The predicted octanol–water partition coefficient (Wildman–Crippen LogP) is 6.04. The minimum absolute atomic E-state index is 0.620. The van der Waals surface area contributed by atoms with Crippen LogP contribution in [0.1, 0.15) is 16.8 Å². The van der Waals surface area contributed by atoms with Gasteiger partial charge in [0.1, 0.15) is 11.4 Å². The molecule has 32 heavy (non-hydrogen) atoms. The second-order valence-electron chi connectivity index (χ2n) is 7.85. The van der Waals surface area contributed by atoms with Crippen molar-refractivity contribution in [3.63, 3.8) is 0 Å². The second kappa shape index (κ2) is 7.68. The van der Waals surface area contributed by atoms with Crippen molar-refractivity contribution in [2.75, 3.05) is 0 Å². The van der Waals surface area contributed by atoms with Gasteiger partial charge in [0.25, 0.3) is 0 Å². The zero-order chi connectivity index (χ0) is 21.3. The van der Waals surface area contributed by atoms with Crippen molar-refractivity contribution in [2.24, 2.45) is 0 Å². The number of benzene rings is 4. The maximum atomic E-state index is 4.60. The predicted molar refractivity (Wildman–Crippen MR) is 128 cm³/mol. The number of hydrogen-bond acceptors (Lipinski definition) is 2. The lowest BCUT2D eigenvalue weighted by Gasteiger charge is -2.12. The largest absolute Gasteiger partial charge is 0.232 e. The van der Waals surface area contributed by atoms with Gasteiger partial charge in [-0.1, -0.05) is 108 Å². The lowest BCUT2D eigenvalue weighted by molar-refractivity contribution is 0.643. The van der Waals surface area contributed by atoms with E-state index in [1.54, 1.807) is 0 Å². The van der Waals surface area contributed by atoms with E-state index in [1.807, 2.05) is 35.0 Å². The number of hydrogen-bond donors (Lipinski definition) is 0. The average molecular weight is 409 g/mol. The van der Waals surface area contributed by atoms with Crippen LogP contribution in [-0.4, -0.2) is 15.0 Å². The minimum Gasteiger partial charge on any atom is -0.232 e. The summed E-state index contributed by atoms with van der Waals surface area (Å²) in [5.41, 5.74) is 9.40. The van der Waals surface area contributed by atoms with Crippen molar-refractivity contribution in [3.05, 3.63) is 120 Å². The van der Waals surface area contributed by atoms with Crippen molar-refractivity contribution < 1.29 is 0 Å². The van der Waals surface area contributed by atoms with Gasteiger partial charge >= 0.3 is 0 Å². The Bertz CT molecular complexity index is 1480. The Morgan fingerprint density at radius 2 is 1.22 bits per heavy atom. The van der Waals surface area contributed by atoms with Gasteiger partial charge < -0.3 is 0 Å². The van der Waals surface area contributed by atoms with Crippen molar-refractivity contribution in [1.29, 1.82) is 0 Å². The molecule has 3 heteroatoms. The zero-order valence-electron chi connectivity index (χ0n) is 17.4. The molecule has 0 N–H and O–H groups in total. The molecule has 0 fully saturated rings. The minimum atomic E-state index is 0.620. The Kier molecular flexibility index (Phi) is 4.41. The van der Waals surface area contributed by atoms with Gasteiger partial charge in [0.2, 0.25) is 0 Å². The van der Waals surface area contributed by atoms with Crippen LogP contribution < -0.4 is 0 Å². The van der Waals surface area contributed by atoms with Crippen LogP contribution in [0, 0.1) is 11.8 Å². The summed E-state index contributed by atoms with van der Waals surface area (Å²) in [5, 5.41) is 9.12. The van der Waals surface area contributed by atoms with Crippen LogP contribution in [0.4, 0.5) is 0 Å². The Hall–Kier alpha value is -4.42. The molecule has 150 valence electrons. The maximum Gasteiger partial charge on any atom is 0.140 e. The van der Waals surface area contributed by atoms with Gasteiger partial charge in [0, 0.05) is 11.1 Å². The van der Waals surface area contributed by atoms with E-state index in [9.17, 15) is 0 Å². The molecule has 0 atom stereocenters. The number of rotatable bonds is 2. The molecule has 0 saturated carbocycles. The molecule has 3 nitrogen and oxygen atoms in total. The van der Waals surface area contributed by atoms with Gasteiger partial charge in [0.05, 0.1) is 6.54 Å². The van der Waals surface area contributed by atoms with E-state index in [1.165, 1.54) is 0 Å². The van der Waals surface area contributed by atoms with Crippen LogP contribution in [0.2, 0.25) is 0 Å². The lowest BCUT2D eigenvalue weighted by Crippen LogP contribution is -2.05. The van der Waals surface area contributed by atoms with E-state index >= 15 is 0 Å². The maximum absolute atomic E-state index is 4.60. The van der Waals surface area contributed by atoms with Gasteiger partial charge in [0.15, 0.2) is 0 Å². The summed E-state index contributed by atoms with van der Waals surface area (Å²) < 4.78 is 1.91. The SMILES string of the molecule is C1#Cc2c(nnn2Cc2ccccc2)-c2ccccc2-c2ccc(cc2)-c2ccccc21. The van der Waals surface area contributed by atoms with Crippen molar-refractivity contribution in [3.8, 4) is 45.4 Å². The van der Waals surface area contributed by atoms with E-state index in [0.717, 1.165) is 50.3 Å². The molecular weight excluding hydrogens is 390 g/mol. The molecule has 1 aromatic heterocycles. The third kappa shape index (κ3) is 3.19. The molecule has 5 aromatic rings. The summed E-state index contributed by atoms with van der Waals surface area (Å²) in [6.45, 7) is 0.620. The van der Waals surface area contributed by atoms with Crippen LogP contribution in [0.15, 0.2) is 103 Å². The van der Waals surface area contributed by atoms with Gasteiger partial charge in [-0.05, 0) is 39.8 Å². The molecule has 2 aliphatic rings. The Balaban J connectivity index is 1.62. The third-order valence-corrected chi connectivity index (χ3v) is 5.84. The fourth-order valence-electron chi connectivity index (χ4n) is 4.23. The topological polar surface area (TPSA) is 30.7 Å². The first-order valence-electron chi connectivity index (χ1n) is 10.7. The van der Waals surface area contributed by atoms with E-state index in [0.29, 0.717) is 6.54 Å². The first-order valence-corrected chi connectivity index (χ1v) is 10.7. The molecule has 0 radical (unpaired) electrons. The molecule has 1 heterocycles. The molecule has 2 aliphatic carbocycles. The highest BCUT2D eigenvalue weighted by atomic mass is 15.4. The van der Waals surface area contributed by atoms with E-state index in [4.69, 9.17) is 0 Å². The number of aromatic nitrogens is 3. The molecule has 0 unspecified atom stereocenters.